The van der Waals surface area contributed by atoms with Gasteiger partial charge in [-0.3, -0.25) is 0 Å². The van der Waals surface area contributed by atoms with Gasteiger partial charge in [-0.05, 0) is 144 Å². The fraction of sp³-hybridized carbons (Fsp3) is 0.282. The van der Waals surface area contributed by atoms with Crippen molar-refractivity contribution in [2.24, 2.45) is 12.8 Å². The zero-order valence-electron chi connectivity index (χ0n) is 58.0. The smallest absolute Gasteiger partial charge is 0.410 e. The van der Waals surface area contributed by atoms with Gasteiger partial charge in [0.2, 0.25) is 0 Å². The number of benzene rings is 3. The van der Waals surface area contributed by atoms with Crippen LogP contribution < -0.4 is 15.8 Å². The number of methoxy groups -OCH3 is 3. The van der Waals surface area contributed by atoms with Crippen molar-refractivity contribution in [3.05, 3.63) is 276 Å². The third-order valence-electron chi connectivity index (χ3n) is 10.7. The van der Waals surface area contributed by atoms with Crippen molar-refractivity contribution in [3.63, 3.8) is 0 Å². The van der Waals surface area contributed by atoms with Gasteiger partial charge in [-0.15, -0.1) is 37.7 Å². The number of nitrogens with zero attached hydrogens (tertiary/aromatic N) is 4. The predicted octanol–water partition coefficient (Wildman–Crippen LogP) is 20.0. The summed E-state index contributed by atoms with van der Waals surface area (Å²) >= 11 is 1.70. The van der Waals surface area contributed by atoms with E-state index < -0.39 is 11.6 Å². The standard InChI is InChI=1S/C11H21NO2.C10H9N.C9H10O.C8H8.C6H8N2.C6H13N.C6H6S.C5H6N2.C5H11N.C5H10.C4H6O2.C3H6O/c1-6-7-8-9-12(5)10(13)14-11(2,3)4;1-2-8-7-11-10-6-4-3-5-9(8)10;1-3-8-4-6-9(10-2)7-5-8;1-2-8-6-4-3-5-7-8;1-3-6-4-8(2)5-7-6;1-3-4-5-6-7-2;1-2-6-4-3-5-7-6;1-2-5-3-6-4-7-5;1-2-3-4-5-6;1-3-5-4-2;1-3-4(5)6-2;1-3-4-2/h6H,1,7-9H2,2-5H3;2-7,11H,1H2;3-7H,1H2,2H3;2-7H,1H2;3-5H,1H2,2H3;3,7H,1,4-6H2,2H3;2-5H,1H2;2-4H,1H2,(H,6,7);2H,1,3-6H2;3H,1,4-5H2,2H3;3H,1H2,2H3;3H,1H2,2H3. The molecule has 0 saturated carbocycles. The van der Waals surface area contributed by atoms with E-state index in [-0.39, 0.29) is 6.09 Å². The lowest BCUT2D eigenvalue weighted by molar-refractivity contribution is -0.134. The van der Waals surface area contributed by atoms with Crippen molar-refractivity contribution in [2.75, 3.05) is 55.1 Å². The van der Waals surface area contributed by atoms with Crippen LogP contribution in [0.3, 0.4) is 0 Å². The number of imidazole rings is 2. The zero-order chi connectivity index (χ0) is 71.2. The summed E-state index contributed by atoms with van der Waals surface area (Å²) in [5.41, 5.74) is 11.3. The summed E-state index contributed by atoms with van der Waals surface area (Å²) in [4.78, 5) is 37.9. The number of fused-ring (bicyclic) bond motifs is 1. The van der Waals surface area contributed by atoms with E-state index >= 15 is 0 Å². The van der Waals surface area contributed by atoms with Gasteiger partial charge in [0, 0.05) is 54.9 Å². The van der Waals surface area contributed by atoms with E-state index in [4.69, 9.17) is 15.2 Å². The minimum atomic E-state index is -0.413. The molecule has 0 unspecified atom stereocenters. The molecule has 0 aliphatic heterocycles. The number of amides is 1. The van der Waals surface area contributed by atoms with Crippen LogP contribution in [-0.4, -0.2) is 102 Å². The molecule has 508 valence electrons. The number of ether oxygens (including phenoxy) is 4. The molecule has 0 radical (unpaired) electrons. The Morgan fingerprint density at radius 1 is 0.710 bits per heavy atom. The largest absolute Gasteiger partial charge is 0.505 e. The normalized spacial score (nSPS) is 8.85. The predicted molar refractivity (Wildman–Crippen MR) is 409 cm³/mol. The quantitative estimate of drug-likeness (QED) is 0.0168. The summed E-state index contributed by atoms with van der Waals surface area (Å²) in [5.74, 6) is 0.487. The summed E-state index contributed by atoms with van der Waals surface area (Å²) in [6.45, 7) is 52.8. The van der Waals surface area contributed by atoms with Crippen LogP contribution in [0, 0.1) is 0 Å². The monoisotopic (exact) mass is 1290 g/mol. The van der Waals surface area contributed by atoms with Crippen molar-refractivity contribution in [1.29, 1.82) is 0 Å². The summed E-state index contributed by atoms with van der Waals surface area (Å²) in [6, 6.07) is 30.0. The molecule has 0 saturated heterocycles. The molecule has 0 spiro atoms. The van der Waals surface area contributed by atoms with Crippen LogP contribution in [0.15, 0.2) is 243 Å². The molecule has 0 aliphatic rings. The number of allylic oxidation sites excluding steroid dienone is 4. The van der Waals surface area contributed by atoms with E-state index in [1.165, 1.54) is 53.1 Å². The molecule has 15 heteroatoms. The van der Waals surface area contributed by atoms with Gasteiger partial charge >= 0.3 is 12.1 Å². The number of hydrogen-bond donors (Lipinski definition) is 4. The number of thiophene rings is 1. The van der Waals surface area contributed by atoms with Crippen LogP contribution in [0.5, 0.6) is 5.75 Å². The maximum Gasteiger partial charge on any atom is 0.410 e. The third kappa shape index (κ3) is 61.1. The van der Waals surface area contributed by atoms with Crippen LogP contribution in [0.25, 0.3) is 47.4 Å². The van der Waals surface area contributed by atoms with Crippen LogP contribution in [0.2, 0.25) is 0 Å². The lowest BCUT2D eigenvalue weighted by Gasteiger charge is -2.24. The Labute approximate surface area is 565 Å². The SMILES string of the molecule is C=CC(=O)OC.C=CCCC.C=CCCCN.C=CCCCN(C)C(=O)OC(C)(C)C.C=CCCCNC.C=COC.C=Cc1c[nH]c2ccccc12.C=Cc1ccc(OC)cc1.C=Cc1ccccc1.C=Cc1cccs1.C=Cc1cn(C)cn1.C=Cc1cnc[nH]1. The lowest BCUT2D eigenvalue weighted by Crippen LogP contribution is -2.34. The number of aromatic amines is 2. The van der Waals surface area contributed by atoms with Crippen molar-refractivity contribution in [1.82, 2.24) is 34.7 Å². The highest BCUT2D eigenvalue weighted by Crippen LogP contribution is 2.18. The van der Waals surface area contributed by atoms with Crippen molar-refractivity contribution < 1.29 is 28.5 Å². The van der Waals surface area contributed by atoms with Crippen molar-refractivity contribution >= 4 is 70.8 Å². The molecule has 5 N–H and O–H groups in total. The highest BCUT2D eigenvalue weighted by molar-refractivity contribution is 7.10. The second kappa shape index (κ2) is 68.4. The van der Waals surface area contributed by atoms with E-state index in [9.17, 15) is 9.59 Å². The molecule has 1 amide bonds. The number of aromatic nitrogens is 5. The van der Waals surface area contributed by atoms with Gasteiger partial charge in [-0.1, -0.05) is 181 Å². The number of rotatable bonds is 22. The fourth-order valence-electron chi connectivity index (χ4n) is 5.79. The number of nitrogens with two attached hydrogens (primary N) is 1. The lowest BCUT2D eigenvalue weighted by atomic mass is 10.2. The first-order valence-electron chi connectivity index (χ1n) is 30.3. The molecule has 93 heavy (non-hydrogen) atoms. The molecule has 0 aliphatic carbocycles. The second-order valence-electron chi connectivity index (χ2n) is 19.5. The Morgan fingerprint density at radius 3 is 1.63 bits per heavy atom. The number of para-hydroxylation sites is 1. The summed E-state index contributed by atoms with van der Waals surface area (Å²) in [6.07, 6.45) is 38.3. The Hall–Kier alpha value is -9.54. The number of carbonyl (C=O) groups is 2. The third-order valence-corrected chi connectivity index (χ3v) is 11.6. The number of esters is 1. The van der Waals surface area contributed by atoms with Crippen molar-refractivity contribution in [3.8, 4) is 5.75 Å². The highest BCUT2D eigenvalue weighted by atomic mass is 32.1. The fourth-order valence-corrected chi connectivity index (χ4v) is 6.36. The highest BCUT2D eigenvalue weighted by Gasteiger charge is 2.18. The zero-order valence-corrected chi connectivity index (χ0v) is 58.9. The topological polar surface area (TPSA) is 175 Å². The molecule has 7 aromatic rings. The number of aryl methyl sites for hydroxylation is 1. The Bertz CT molecular complexity index is 2910. The number of H-pyrrole nitrogens is 2. The maximum atomic E-state index is 11.4. The van der Waals surface area contributed by atoms with Gasteiger partial charge in [0.1, 0.15) is 11.4 Å². The van der Waals surface area contributed by atoms with E-state index in [0.29, 0.717) is 6.54 Å². The summed E-state index contributed by atoms with van der Waals surface area (Å²) in [5, 5.41) is 6.33. The first-order valence-corrected chi connectivity index (χ1v) is 31.2. The van der Waals surface area contributed by atoms with E-state index in [1.807, 2.05) is 179 Å². The minimum Gasteiger partial charge on any atom is -0.505 e. The minimum absolute atomic E-state index is 0.262. The van der Waals surface area contributed by atoms with E-state index in [0.717, 1.165) is 80.4 Å². The summed E-state index contributed by atoms with van der Waals surface area (Å²) in [7, 11) is 10.2. The van der Waals surface area contributed by atoms with Gasteiger partial charge in [0.25, 0.3) is 0 Å². The molecule has 0 bridgehead atoms. The van der Waals surface area contributed by atoms with Gasteiger partial charge < -0.3 is 49.4 Å². The summed E-state index contributed by atoms with van der Waals surface area (Å²) < 4.78 is 20.5. The molecule has 14 nitrogen and oxygen atoms in total. The molecule has 0 atom stereocenters. The van der Waals surface area contributed by atoms with Crippen LogP contribution in [0.4, 0.5) is 4.79 Å². The second-order valence-corrected chi connectivity index (χ2v) is 20.5. The first kappa shape index (κ1) is 92.2. The molecule has 4 aromatic heterocycles. The Balaban J connectivity index is -0.000000307. The molecule has 0 fully saturated rings. The van der Waals surface area contributed by atoms with Gasteiger partial charge in [-0.2, -0.15) is 0 Å². The average molecular weight is 1290 g/mol. The van der Waals surface area contributed by atoms with Crippen LogP contribution in [0.1, 0.15) is 112 Å². The first-order chi connectivity index (χ1) is 44.7. The molecule has 3 aromatic carbocycles. The average Bonchev–Trinajstić information content (AvgIpc) is 1.85. The van der Waals surface area contributed by atoms with Gasteiger partial charge in [-0.25, -0.2) is 19.6 Å². The Morgan fingerprint density at radius 2 is 1.29 bits per heavy atom. The molecular formula is C78H114N8O6S. The number of unbranched alkanes of at least 4 members (excludes halogenated alkanes) is 4. The number of nitrogens with one attached hydrogen (secondary N) is 3. The molecule has 7 rings (SSSR count). The van der Waals surface area contributed by atoms with Gasteiger partial charge in [0.15, 0.2) is 0 Å². The van der Waals surface area contributed by atoms with Crippen molar-refractivity contribution in [2.45, 2.75) is 84.7 Å². The number of hydrogen-bond acceptors (Lipinski definition) is 11. The Kier molecular flexibility index (Phi) is 67.8. The number of carbonyl (C=O) groups excluding carboxylic acids is 2. The molecule has 4 heterocycles. The van der Waals surface area contributed by atoms with Gasteiger partial charge in [0.05, 0.1) is 57.8 Å². The van der Waals surface area contributed by atoms with Crippen LogP contribution >= 0.6 is 11.3 Å². The maximum absolute atomic E-state index is 11.4. The van der Waals surface area contributed by atoms with Crippen LogP contribution in [-0.2, 0) is 26.1 Å². The molecular weight excluding hydrogens is 1180 g/mol. The van der Waals surface area contributed by atoms with E-state index in [1.54, 1.807) is 74.6 Å². The van der Waals surface area contributed by atoms with E-state index in [2.05, 4.69) is 133 Å².